The molecule has 0 radical (unpaired) electrons. The van der Waals surface area contributed by atoms with Gasteiger partial charge in [0, 0.05) is 6.61 Å². The van der Waals surface area contributed by atoms with Gasteiger partial charge in [0.25, 0.3) is 0 Å². The molecule has 0 rings (SSSR count). The fourth-order valence-corrected chi connectivity index (χ4v) is 2.90. The van der Waals surface area contributed by atoms with Crippen LogP contribution < -0.4 is 0 Å². The number of hydrogen-bond donors (Lipinski definition) is 0. The highest BCUT2D eigenvalue weighted by molar-refractivity contribution is 5.71. The monoisotopic (exact) mass is 432 g/mol. The van der Waals surface area contributed by atoms with Crippen LogP contribution in [0, 0.1) is 0 Å². The summed E-state index contributed by atoms with van der Waals surface area (Å²) in [4.78, 5) is 24.2. The predicted octanol–water partition coefficient (Wildman–Crippen LogP) is 3.01. The average Bonchev–Trinajstić information content (AvgIpc) is 2.58. The molecular weight excluding hydrogens is 384 g/mol. The second-order valence-electron chi connectivity index (χ2n) is 10.2. The van der Waals surface area contributed by atoms with Gasteiger partial charge in [0.15, 0.2) is 19.2 Å². The molecule has 0 amide bonds. The van der Waals surface area contributed by atoms with Crippen molar-refractivity contribution in [1.82, 2.24) is 0 Å². The van der Waals surface area contributed by atoms with Gasteiger partial charge in [-0.15, -0.1) is 0 Å². The number of ether oxygens (including phenoxy) is 3. The van der Waals surface area contributed by atoms with Gasteiger partial charge < -0.3 is 23.2 Å². The fraction of sp³-hybridized carbons (Fsp3) is 0.913. The largest absolute Gasteiger partial charge is 0.457 e. The molecule has 1 unspecified atom stereocenters. The SMILES string of the molecule is CCCCCCCCCCOCC(COC(=O)C[N+](C)(C)C)OC(=O)C[N+](C)(C)C. The van der Waals surface area contributed by atoms with Gasteiger partial charge in [-0.3, -0.25) is 0 Å². The number of carbonyl (C=O) groups is 2. The van der Waals surface area contributed by atoms with Crippen molar-refractivity contribution < 1.29 is 32.8 Å². The van der Waals surface area contributed by atoms with Gasteiger partial charge in [-0.1, -0.05) is 51.9 Å². The molecule has 0 aliphatic carbocycles. The van der Waals surface area contributed by atoms with Crippen LogP contribution in [0.2, 0.25) is 0 Å². The Bertz CT molecular complexity index is 469. The van der Waals surface area contributed by atoms with Crippen molar-refractivity contribution in [3.05, 3.63) is 0 Å². The van der Waals surface area contributed by atoms with Gasteiger partial charge in [0.2, 0.25) is 0 Å². The maximum absolute atomic E-state index is 12.2. The Kier molecular flexibility index (Phi) is 15.0. The van der Waals surface area contributed by atoms with Gasteiger partial charge in [-0.05, 0) is 6.42 Å². The van der Waals surface area contributed by atoms with E-state index in [9.17, 15) is 9.59 Å². The Balaban J connectivity index is 4.26. The molecule has 1 atom stereocenters. The molecule has 0 saturated heterocycles. The molecule has 0 spiro atoms. The van der Waals surface area contributed by atoms with Crippen LogP contribution in [0.4, 0.5) is 0 Å². The number of hydrogen-bond acceptors (Lipinski definition) is 5. The van der Waals surface area contributed by atoms with Crippen molar-refractivity contribution in [2.24, 2.45) is 0 Å². The highest BCUT2D eigenvalue weighted by atomic mass is 16.6. The Morgan fingerprint density at radius 1 is 0.700 bits per heavy atom. The number of likely N-dealkylation sites (N-methyl/N-ethyl adjacent to an activating group) is 2. The van der Waals surface area contributed by atoms with Crippen LogP contribution in [-0.2, 0) is 23.8 Å². The highest BCUT2D eigenvalue weighted by Gasteiger charge is 2.23. The number of carbonyl (C=O) groups excluding carboxylic acids is 2. The summed E-state index contributed by atoms with van der Waals surface area (Å²) in [7, 11) is 11.6. The molecule has 0 bridgehead atoms. The van der Waals surface area contributed by atoms with Crippen LogP contribution in [0.3, 0.4) is 0 Å². The summed E-state index contributed by atoms with van der Waals surface area (Å²) in [6.07, 6.45) is 9.35. The number of rotatable bonds is 18. The fourth-order valence-electron chi connectivity index (χ4n) is 2.90. The molecule has 0 heterocycles. The first kappa shape index (κ1) is 28.8. The first-order chi connectivity index (χ1) is 13.9. The first-order valence-electron chi connectivity index (χ1n) is 11.5. The molecule has 0 N–H and O–H groups in total. The van der Waals surface area contributed by atoms with Gasteiger partial charge in [-0.2, -0.15) is 0 Å². The van der Waals surface area contributed by atoms with Gasteiger partial charge >= 0.3 is 11.9 Å². The summed E-state index contributed by atoms with van der Waals surface area (Å²) in [5.74, 6) is -0.621. The summed E-state index contributed by atoms with van der Waals surface area (Å²) >= 11 is 0. The molecular formula is C23H48N2O5+2. The Morgan fingerprint density at radius 3 is 1.73 bits per heavy atom. The van der Waals surface area contributed by atoms with E-state index in [0.717, 1.165) is 12.8 Å². The van der Waals surface area contributed by atoms with E-state index in [1.807, 2.05) is 42.3 Å². The Hall–Kier alpha value is -1.18. The Morgan fingerprint density at radius 2 is 1.20 bits per heavy atom. The minimum atomic E-state index is -0.575. The number of nitrogens with zero attached hydrogens (tertiary/aromatic N) is 2. The van der Waals surface area contributed by atoms with Gasteiger partial charge in [0.1, 0.15) is 6.61 Å². The number of esters is 2. The third kappa shape index (κ3) is 20.1. The molecule has 0 aromatic heterocycles. The summed E-state index contributed by atoms with van der Waals surface area (Å²) < 4.78 is 17.6. The molecule has 0 aromatic carbocycles. The zero-order valence-corrected chi connectivity index (χ0v) is 20.7. The van der Waals surface area contributed by atoms with Crippen molar-refractivity contribution >= 4 is 11.9 Å². The third-order valence-electron chi connectivity index (χ3n) is 4.38. The van der Waals surface area contributed by atoms with E-state index >= 15 is 0 Å². The quantitative estimate of drug-likeness (QED) is 0.189. The second-order valence-corrected chi connectivity index (χ2v) is 10.2. The minimum absolute atomic E-state index is 0.0269. The van der Waals surface area contributed by atoms with Crippen molar-refractivity contribution in [3.8, 4) is 0 Å². The minimum Gasteiger partial charge on any atom is -0.457 e. The van der Waals surface area contributed by atoms with Crippen LogP contribution in [0.15, 0.2) is 0 Å². The lowest BCUT2D eigenvalue weighted by Gasteiger charge is -2.25. The summed E-state index contributed by atoms with van der Waals surface area (Å²) in [5, 5.41) is 0. The van der Waals surface area contributed by atoms with Crippen LogP contribution in [-0.4, -0.2) is 102 Å². The maximum Gasteiger partial charge on any atom is 0.362 e. The number of unbranched alkanes of at least 4 members (excludes halogenated alkanes) is 7. The predicted molar refractivity (Wildman–Crippen MR) is 120 cm³/mol. The van der Waals surface area contributed by atoms with Crippen molar-refractivity contribution in [2.75, 3.05) is 75.2 Å². The van der Waals surface area contributed by atoms with Crippen LogP contribution in [0.25, 0.3) is 0 Å². The first-order valence-corrected chi connectivity index (χ1v) is 11.5. The lowest BCUT2D eigenvalue weighted by Crippen LogP contribution is -2.43. The highest BCUT2D eigenvalue weighted by Crippen LogP contribution is 2.09. The molecule has 0 aliphatic heterocycles. The summed E-state index contributed by atoms with van der Waals surface area (Å²) in [6, 6.07) is 0. The molecule has 0 aliphatic rings. The topological polar surface area (TPSA) is 61.8 Å². The molecule has 178 valence electrons. The smallest absolute Gasteiger partial charge is 0.362 e. The average molecular weight is 433 g/mol. The van der Waals surface area contributed by atoms with Crippen molar-refractivity contribution in [1.29, 1.82) is 0 Å². The third-order valence-corrected chi connectivity index (χ3v) is 4.38. The lowest BCUT2D eigenvalue weighted by molar-refractivity contribution is -0.863. The van der Waals surface area contributed by atoms with Gasteiger partial charge in [-0.25, -0.2) is 9.59 Å². The molecule has 7 heteroatoms. The summed E-state index contributed by atoms with van der Waals surface area (Å²) in [6.45, 7) is 3.65. The molecule has 0 aromatic rings. The van der Waals surface area contributed by atoms with E-state index in [1.165, 1.54) is 38.5 Å². The van der Waals surface area contributed by atoms with E-state index in [1.54, 1.807) is 0 Å². The van der Waals surface area contributed by atoms with E-state index in [-0.39, 0.29) is 38.2 Å². The van der Waals surface area contributed by atoms with Crippen molar-refractivity contribution in [3.63, 3.8) is 0 Å². The Labute approximate surface area is 184 Å². The summed E-state index contributed by atoms with van der Waals surface area (Å²) in [5.41, 5.74) is 0. The van der Waals surface area contributed by atoms with E-state index in [4.69, 9.17) is 14.2 Å². The van der Waals surface area contributed by atoms with Crippen LogP contribution >= 0.6 is 0 Å². The van der Waals surface area contributed by atoms with Gasteiger partial charge in [0.05, 0.1) is 48.9 Å². The molecule has 0 saturated carbocycles. The maximum atomic E-state index is 12.2. The molecule has 7 nitrogen and oxygen atoms in total. The normalized spacial score (nSPS) is 13.2. The standard InChI is InChI=1S/C23H48N2O5/c1-8-9-10-11-12-13-14-15-16-28-19-21(30-23(27)18-25(5,6)7)20-29-22(26)17-24(2,3)4/h21H,8-20H2,1-7H3/q+2. The van der Waals surface area contributed by atoms with Crippen molar-refractivity contribution in [2.45, 2.75) is 64.4 Å². The van der Waals surface area contributed by atoms with Crippen LogP contribution in [0.5, 0.6) is 0 Å². The van der Waals surface area contributed by atoms with E-state index in [2.05, 4.69) is 6.92 Å². The molecule has 0 fully saturated rings. The van der Waals surface area contributed by atoms with Crippen LogP contribution in [0.1, 0.15) is 58.3 Å². The number of quaternary nitrogens is 2. The second kappa shape index (κ2) is 15.6. The zero-order chi connectivity index (χ0) is 23.0. The van der Waals surface area contributed by atoms with E-state index < -0.39 is 6.10 Å². The lowest BCUT2D eigenvalue weighted by atomic mass is 10.1. The van der Waals surface area contributed by atoms with E-state index in [0.29, 0.717) is 15.6 Å². The zero-order valence-electron chi connectivity index (χ0n) is 20.7. The molecule has 30 heavy (non-hydrogen) atoms.